The monoisotopic (exact) mass is 340 g/mol. The molecule has 0 heterocycles. The van der Waals surface area contributed by atoms with E-state index in [9.17, 15) is 9.90 Å². The summed E-state index contributed by atoms with van der Waals surface area (Å²) in [6.07, 6.45) is 5.35. The number of rotatable bonds is 9. The third kappa shape index (κ3) is 4.67. The molecule has 0 saturated heterocycles. The number of carbonyl (C=O) groups excluding carboxylic acids is 1. The maximum absolute atomic E-state index is 11.4. The van der Waals surface area contributed by atoms with E-state index in [1.54, 1.807) is 18.2 Å². The van der Waals surface area contributed by atoms with Crippen LogP contribution in [0.1, 0.15) is 42.1 Å². The number of phenols is 1. The Morgan fingerprint density at radius 1 is 1.40 bits per heavy atom. The molecule has 0 amide bonds. The van der Waals surface area contributed by atoms with Crippen LogP contribution in [0.15, 0.2) is 24.8 Å². The predicted octanol–water partition coefficient (Wildman–Crippen LogP) is 4.27. The summed E-state index contributed by atoms with van der Waals surface area (Å²) in [7, 11) is 0. The Morgan fingerprint density at radius 2 is 2.15 bits per heavy atom. The van der Waals surface area contributed by atoms with Gasteiger partial charge in [0.05, 0.1) is 12.2 Å². The molecular formula is C16H21BrO3. The topological polar surface area (TPSA) is 46.5 Å². The summed E-state index contributed by atoms with van der Waals surface area (Å²) in [5.74, 6) is 0.485. The van der Waals surface area contributed by atoms with E-state index >= 15 is 0 Å². The minimum atomic E-state index is -0.156. The first-order chi connectivity index (χ1) is 9.61. The van der Waals surface area contributed by atoms with Gasteiger partial charge in [-0.1, -0.05) is 22.0 Å². The molecule has 1 rings (SSSR count). The molecule has 0 saturated carbocycles. The van der Waals surface area contributed by atoms with E-state index in [1.807, 2.05) is 0 Å². The molecule has 1 aromatic rings. The molecule has 0 aromatic heterocycles. The third-order valence-electron chi connectivity index (χ3n) is 3.00. The highest BCUT2D eigenvalue weighted by atomic mass is 79.9. The van der Waals surface area contributed by atoms with Crippen molar-refractivity contribution in [3.05, 3.63) is 35.9 Å². The van der Waals surface area contributed by atoms with Gasteiger partial charge in [0.2, 0.25) is 0 Å². The number of hydrogen-bond donors (Lipinski definition) is 1. The van der Waals surface area contributed by atoms with Crippen molar-refractivity contribution in [2.24, 2.45) is 0 Å². The summed E-state index contributed by atoms with van der Waals surface area (Å²) < 4.78 is 5.72. The predicted molar refractivity (Wildman–Crippen MR) is 85.2 cm³/mol. The molecule has 0 bridgehead atoms. The van der Waals surface area contributed by atoms with E-state index in [4.69, 9.17) is 4.74 Å². The maximum Gasteiger partial charge on any atom is 0.163 e. The van der Waals surface area contributed by atoms with Crippen LogP contribution in [0.2, 0.25) is 0 Å². The maximum atomic E-state index is 11.4. The largest absolute Gasteiger partial charge is 0.507 e. The quantitative estimate of drug-likeness (QED) is 0.316. The molecule has 1 aromatic carbocycles. The van der Waals surface area contributed by atoms with Crippen molar-refractivity contribution in [3.63, 3.8) is 0 Å². The standard InChI is InChI=1S/C16H21BrO3/c1-3-7-14-15(20-11-6-4-5-10-17)9-8-13(12(2)18)16(14)19/h3,8-9,19H,1,4-7,10-11H2,2H3. The Kier molecular flexibility index (Phi) is 7.37. The van der Waals surface area contributed by atoms with Crippen LogP contribution in [0, 0.1) is 0 Å². The second-order valence-electron chi connectivity index (χ2n) is 4.59. The van der Waals surface area contributed by atoms with E-state index in [0.29, 0.717) is 29.9 Å². The zero-order chi connectivity index (χ0) is 15.0. The number of carbonyl (C=O) groups is 1. The Hall–Kier alpha value is -1.29. The molecule has 0 aliphatic heterocycles. The lowest BCUT2D eigenvalue weighted by Crippen LogP contribution is -2.03. The molecule has 0 aliphatic carbocycles. The van der Waals surface area contributed by atoms with Gasteiger partial charge >= 0.3 is 0 Å². The molecule has 0 radical (unpaired) electrons. The fourth-order valence-corrected chi connectivity index (χ4v) is 2.33. The lowest BCUT2D eigenvalue weighted by Gasteiger charge is -2.14. The van der Waals surface area contributed by atoms with Gasteiger partial charge in [-0.2, -0.15) is 0 Å². The molecular weight excluding hydrogens is 320 g/mol. The van der Waals surface area contributed by atoms with E-state index < -0.39 is 0 Å². The fourth-order valence-electron chi connectivity index (χ4n) is 1.93. The Morgan fingerprint density at radius 3 is 2.75 bits per heavy atom. The van der Waals surface area contributed by atoms with Gasteiger partial charge in [0, 0.05) is 10.9 Å². The molecule has 1 N–H and O–H groups in total. The normalized spacial score (nSPS) is 10.3. The van der Waals surface area contributed by atoms with Gasteiger partial charge in [-0.25, -0.2) is 0 Å². The average Bonchev–Trinajstić information content (AvgIpc) is 2.41. The number of halogens is 1. The number of alkyl halides is 1. The summed E-state index contributed by atoms with van der Waals surface area (Å²) in [5, 5.41) is 11.2. The van der Waals surface area contributed by atoms with Crippen molar-refractivity contribution in [3.8, 4) is 11.5 Å². The van der Waals surface area contributed by atoms with Crippen LogP contribution >= 0.6 is 15.9 Å². The number of allylic oxidation sites excluding steroid dienone is 1. The van der Waals surface area contributed by atoms with Crippen molar-refractivity contribution in [2.75, 3.05) is 11.9 Å². The van der Waals surface area contributed by atoms with Gasteiger partial charge in [0.25, 0.3) is 0 Å². The number of phenolic OH excluding ortho intramolecular Hbond substituents is 1. The lowest BCUT2D eigenvalue weighted by atomic mass is 10.0. The van der Waals surface area contributed by atoms with Crippen molar-refractivity contribution in [2.45, 2.75) is 32.6 Å². The number of hydrogen-bond acceptors (Lipinski definition) is 3. The van der Waals surface area contributed by atoms with Gasteiger partial charge in [-0.15, -0.1) is 6.58 Å². The first-order valence-electron chi connectivity index (χ1n) is 6.77. The average molecular weight is 341 g/mol. The molecule has 110 valence electrons. The first-order valence-corrected chi connectivity index (χ1v) is 7.89. The number of ketones is 1. The minimum Gasteiger partial charge on any atom is -0.507 e. The van der Waals surface area contributed by atoms with E-state index in [2.05, 4.69) is 22.5 Å². The number of unbranched alkanes of at least 4 members (excludes halogenated alkanes) is 2. The Labute approximate surface area is 128 Å². The van der Waals surface area contributed by atoms with Crippen LogP contribution in [-0.2, 0) is 6.42 Å². The second-order valence-corrected chi connectivity index (χ2v) is 5.38. The van der Waals surface area contributed by atoms with Gasteiger partial charge < -0.3 is 9.84 Å². The van der Waals surface area contributed by atoms with Gasteiger partial charge in [0.1, 0.15) is 11.5 Å². The summed E-state index contributed by atoms with van der Waals surface area (Å²) in [6, 6.07) is 3.36. The van der Waals surface area contributed by atoms with E-state index in [1.165, 1.54) is 6.92 Å². The van der Waals surface area contributed by atoms with Gasteiger partial charge in [-0.3, -0.25) is 4.79 Å². The van der Waals surface area contributed by atoms with Crippen LogP contribution in [0.4, 0.5) is 0 Å². The number of Topliss-reactive ketones (excluding diaryl/α,β-unsaturated/α-hetero) is 1. The number of aromatic hydroxyl groups is 1. The second kappa shape index (κ2) is 8.80. The molecule has 0 fully saturated rings. The molecule has 0 aliphatic rings. The highest BCUT2D eigenvalue weighted by Gasteiger charge is 2.15. The molecule has 20 heavy (non-hydrogen) atoms. The van der Waals surface area contributed by atoms with E-state index in [-0.39, 0.29) is 11.5 Å². The Balaban J connectivity index is 2.81. The van der Waals surface area contributed by atoms with Crippen LogP contribution in [-0.4, -0.2) is 22.8 Å². The molecule has 0 unspecified atom stereocenters. The summed E-state index contributed by atoms with van der Waals surface area (Å²) in [6.45, 7) is 5.72. The third-order valence-corrected chi connectivity index (χ3v) is 3.56. The Bertz CT molecular complexity index is 469. The zero-order valence-electron chi connectivity index (χ0n) is 11.8. The number of ether oxygens (including phenoxy) is 1. The van der Waals surface area contributed by atoms with Crippen LogP contribution in [0.3, 0.4) is 0 Å². The highest BCUT2D eigenvalue weighted by molar-refractivity contribution is 9.09. The molecule has 4 heteroatoms. The zero-order valence-corrected chi connectivity index (χ0v) is 13.4. The van der Waals surface area contributed by atoms with Crippen molar-refractivity contribution in [1.82, 2.24) is 0 Å². The summed E-state index contributed by atoms with van der Waals surface area (Å²) >= 11 is 3.39. The molecule has 0 atom stereocenters. The smallest absolute Gasteiger partial charge is 0.163 e. The fraction of sp³-hybridized carbons (Fsp3) is 0.438. The van der Waals surface area contributed by atoms with Gasteiger partial charge in [0.15, 0.2) is 5.78 Å². The summed E-state index contributed by atoms with van der Waals surface area (Å²) in [4.78, 5) is 11.4. The molecule has 0 spiro atoms. The summed E-state index contributed by atoms with van der Waals surface area (Å²) in [5.41, 5.74) is 0.960. The van der Waals surface area contributed by atoms with Crippen molar-refractivity contribution >= 4 is 21.7 Å². The highest BCUT2D eigenvalue weighted by Crippen LogP contribution is 2.32. The lowest BCUT2D eigenvalue weighted by molar-refractivity contribution is 0.101. The van der Waals surface area contributed by atoms with Gasteiger partial charge in [-0.05, 0) is 44.7 Å². The first kappa shape index (κ1) is 16.8. The minimum absolute atomic E-state index is 0.00959. The molecule has 3 nitrogen and oxygen atoms in total. The van der Waals surface area contributed by atoms with Crippen molar-refractivity contribution in [1.29, 1.82) is 0 Å². The van der Waals surface area contributed by atoms with Crippen LogP contribution in [0.5, 0.6) is 11.5 Å². The SMILES string of the molecule is C=CCc1c(OCCCCCBr)ccc(C(C)=O)c1O. The van der Waals surface area contributed by atoms with Crippen LogP contribution < -0.4 is 4.74 Å². The number of benzene rings is 1. The van der Waals surface area contributed by atoms with Crippen molar-refractivity contribution < 1.29 is 14.6 Å². The van der Waals surface area contributed by atoms with Crippen LogP contribution in [0.25, 0.3) is 0 Å². The van der Waals surface area contributed by atoms with E-state index in [0.717, 1.165) is 24.6 Å².